The maximum absolute atomic E-state index is 11.4. The molecule has 5 nitrogen and oxygen atoms in total. The minimum absolute atomic E-state index is 0. The topological polar surface area (TPSA) is 81.0 Å². The van der Waals surface area contributed by atoms with Crippen LogP contribution in [0.25, 0.3) is 0 Å². The smallest absolute Gasteiger partial charge is 0.256 e. The van der Waals surface area contributed by atoms with E-state index in [4.69, 9.17) is 10.5 Å². The van der Waals surface area contributed by atoms with E-state index in [2.05, 4.69) is 9.97 Å². The lowest BCUT2D eigenvalue weighted by Crippen LogP contribution is -2.26. The van der Waals surface area contributed by atoms with Gasteiger partial charge in [-0.1, -0.05) is 0 Å². The third-order valence-electron chi connectivity index (χ3n) is 2.07. The summed E-state index contributed by atoms with van der Waals surface area (Å²) in [5.74, 6) is 0.547. The van der Waals surface area contributed by atoms with E-state index in [0.717, 1.165) is 5.69 Å². The number of hydrogen-bond donors (Lipinski definition) is 2. The van der Waals surface area contributed by atoms with Crippen molar-refractivity contribution in [2.45, 2.75) is 19.6 Å². The number of fused-ring (bicyclic) bond motifs is 1. The van der Waals surface area contributed by atoms with Crippen molar-refractivity contribution in [2.24, 2.45) is 5.73 Å². The van der Waals surface area contributed by atoms with Gasteiger partial charge in [-0.2, -0.15) is 0 Å². The van der Waals surface area contributed by atoms with Gasteiger partial charge < -0.3 is 15.5 Å². The lowest BCUT2D eigenvalue weighted by molar-refractivity contribution is 0.108. The first-order valence-electron chi connectivity index (χ1n) is 4.20. The molecule has 7 heteroatoms. The Morgan fingerprint density at radius 2 is 2.20 bits per heavy atom. The highest BCUT2D eigenvalue weighted by atomic mass is 35.5. The highest BCUT2D eigenvalue weighted by Gasteiger charge is 2.14. The Kier molecular flexibility index (Phi) is 5.82. The Morgan fingerprint density at radius 3 is 2.87 bits per heavy atom. The first-order valence-corrected chi connectivity index (χ1v) is 4.20. The molecule has 0 aromatic carbocycles. The molecule has 0 saturated carbocycles. The summed E-state index contributed by atoms with van der Waals surface area (Å²) in [7, 11) is 0. The van der Waals surface area contributed by atoms with Gasteiger partial charge in [0.2, 0.25) is 0 Å². The third kappa shape index (κ3) is 2.92. The van der Waals surface area contributed by atoms with Crippen LogP contribution in [0.3, 0.4) is 0 Å². The van der Waals surface area contributed by atoms with Crippen molar-refractivity contribution in [3.63, 3.8) is 0 Å². The van der Waals surface area contributed by atoms with Crippen LogP contribution in [0.5, 0.6) is 0 Å². The normalized spacial score (nSPS) is 13.4. The number of ether oxygens (including phenoxy) is 1. The molecule has 0 spiro atoms. The monoisotopic (exact) mass is 253 g/mol. The number of nitrogens with two attached hydrogens (primary N) is 1. The number of nitrogens with one attached hydrogen (secondary N) is 1. The summed E-state index contributed by atoms with van der Waals surface area (Å²) in [5.41, 5.74) is 6.74. The lowest BCUT2D eigenvalue weighted by atomic mass is 10.1. The van der Waals surface area contributed by atoms with Crippen molar-refractivity contribution >= 4 is 24.8 Å². The second-order valence-corrected chi connectivity index (χ2v) is 2.94. The molecule has 1 aliphatic heterocycles. The largest absolute Gasteiger partial charge is 0.376 e. The number of nitrogens with zero attached hydrogens (tertiary/aromatic N) is 1. The number of halogens is 2. The van der Waals surface area contributed by atoms with Gasteiger partial charge in [-0.25, -0.2) is 4.98 Å². The first-order chi connectivity index (χ1) is 6.31. The van der Waals surface area contributed by atoms with Gasteiger partial charge in [-0.3, -0.25) is 4.79 Å². The molecule has 1 aromatic rings. The molecule has 0 unspecified atom stereocenters. The third-order valence-corrected chi connectivity index (χ3v) is 2.07. The van der Waals surface area contributed by atoms with E-state index in [-0.39, 0.29) is 36.9 Å². The van der Waals surface area contributed by atoms with Gasteiger partial charge in [0.25, 0.3) is 5.56 Å². The van der Waals surface area contributed by atoms with Crippen LogP contribution < -0.4 is 11.3 Å². The fourth-order valence-corrected chi connectivity index (χ4v) is 1.39. The van der Waals surface area contributed by atoms with Gasteiger partial charge in [0, 0.05) is 6.42 Å². The first kappa shape index (κ1) is 14.4. The summed E-state index contributed by atoms with van der Waals surface area (Å²) in [6, 6.07) is 0. The molecule has 0 radical (unpaired) electrons. The van der Waals surface area contributed by atoms with Crippen molar-refractivity contribution in [2.75, 3.05) is 6.61 Å². The molecule has 2 heterocycles. The molecule has 15 heavy (non-hydrogen) atoms. The summed E-state index contributed by atoms with van der Waals surface area (Å²) >= 11 is 0. The molecule has 3 N–H and O–H groups in total. The average Bonchev–Trinajstić information content (AvgIpc) is 2.18. The Hall–Kier alpha value is -0.620. The molecule has 1 aliphatic rings. The van der Waals surface area contributed by atoms with Crippen LogP contribution in [0.4, 0.5) is 0 Å². The molecule has 0 saturated heterocycles. The molecule has 86 valence electrons. The van der Waals surface area contributed by atoms with E-state index in [0.29, 0.717) is 31.0 Å². The van der Waals surface area contributed by atoms with Gasteiger partial charge >= 0.3 is 0 Å². The van der Waals surface area contributed by atoms with Crippen molar-refractivity contribution in [1.82, 2.24) is 9.97 Å². The Labute approximate surface area is 99.2 Å². The maximum atomic E-state index is 11.4. The van der Waals surface area contributed by atoms with E-state index < -0.39 is 0 Å². The van der Waals surface area contributed by atoms with E-state index in [1.54, 1.807) is 0 Å². The quantitative estimate of drug-likeness (QED) is 0.747. The minimum Gasteiger partial charge on any atom is -0.376 e. The van der Waals surface area contributed by atoms with Crippen molar-refractivity contribution in [3.8, 4) is 0 Å². The molecule has 1 aromatic heterocycles. The summed E-state index contributed by atoms with van der Waals surface area (Å²) in [6.07, 6.45) is 0.701. The standard InChI is InChI=1S/C8H11N3O2.2ClH/c9-3-7-10-6-1-2-13-4-5(6)8(12)11-7;;/h1-4,9H2,(H,10,11,12);2*1H. The van der Waals surface area contributed by atoms with Crippen LogP contribution in [0.2, 0.25) is 0 Å². The van der Waals surface area contributed by atoms with Crippen LogP contribution in [-0.4, -0.2) is 16.6 Å². The molecular formula is C8H13Cl2N3O2. The summed E-state index contributed by atoms with van der Waals surface area (Å²) in [6.45, 7) is 1.26. The highest BCUT2D eigenvalue weighted by Crippen LogP contribution is 2.09. The zero-order valence-electron chi connectivity index (χ0n) is 7.99. The SMILES string of the molecule is Cl.Cl.NCc1nc2c(c(=O)[nH]1)COCC2. The Morgan fingerprint density at radius 1 is 1.47 bits per heavy atom. The molecule has 0 amide bonds. The van der Waals surface area contributed by atoms with Gasteiger partial charge in [-0.05, 0) is 0 Å². The molecule has 2 rings (SSSR count). The summed E-state index contributed by atoms with van der Waals surface area (Å²) in [5, 5.41) is 0. The van der Waals surface area contributed by atoms with Crippen LogP contribution in [0.15, 0.2) is 4.79 Å². The van der Waals surface area contributed by atoms with Crippen LogP contribution in [0, 0.1) is 0 Å². The van der Waals surface area contributed by atoms with Crippen LogP contribution >= 0.6 is 24.8 Å². The Balaban J connectivity index is 0.000000980. The molecule has 0 bridgehead atoms. The van der Waals surface area contributed by atoms with E-state index in [9.17, 15) is 4.79 Å². The average molecular weight is 254 g/mol. The van der Waals surface area contributed by atoms with Gasteiger partial charge in [0.15, 0.2) is 0 Å². The van der Waals surface area contributed by atoms with E-state index >= 15 is 0 Å². The predicted octanol–water partition coefficient (Wildman–Crippen LogP) is 0.145. The second-order valence-electron chi connectivity index (χ2n) is 2.94. The predicted molar refractivity (Wildman–Crippen MR) is 60.6 cm³/mol. The van der Waals surface area contributed by atoms with Crippen molar-refractivity contribution < 1.29 is 4.74 Å². The summed E-state index contributed by atoms with van der Waals surface area (Å²) in [4.78, 5) is 18.3. The summed E-state index contributed by atoms with van der Waals surface area (Å²) < 4.78 is 5.16. The van der Waals surface area contributed by atoms with Crippen LogP contribution in [0.1, 0.15) is 17.1 Å². The second kappa shape index (κ2) is 6.07. The fourth-order valence-electron chi connectivity index (χ4n) is 1.39. The van der Waals surface area contributed by atoms with Gasteiger partial charge in [0.1, 0.15) is 5.82 Å². The highest BCUT2D eigenvalue weighted by molar-refractivity contribution is 5.85. The van der Waals surface area contributed by atoms with Crippen molar-refractivity contribution in [1.29, 1.82) is 0 Å². The molecule has 0 aliphatic carbocycles. The lowest BCUT2D eigenvalue weighted by Gasteiger charge is -2.14. The number of aromatic nitrogens is 2. The Bertz CT molecular complexity index is 381. The zero-order chi connectivity index (χ0) is 9.26. The van der Waals surface area contributed by atoms with Gasteiger partial charge in [-0.15, -0.1) is 24.8 Å². The number of aromatic amines is 1. The van der Waals surface area contributed by atoms with Crippen LogP contribution in [-0.2, 0) is 24.3 Å². The molecular weight excluding hydrogens is 241 g/mol. The molecule has 0 atom stereocenters. The van der Waals surface area contributed by atoms with Gasteiger partial charge in [0.05, 0.1) is 31.0 Å². The number of H-pyrrole nitrogens is 1. The fraction of sp³-hybridized carbons (Fsp3) is 0.500. The van der Waals surface area contributed by atoms with E-state index in [1.165, 1.54) is 0 Å². The number of hydrogen-bond acceptors (Lipinski definition) is 4. The number of rotatable bonds is 1. The van der Waals surface area contributed by atoms with E-state index in [1.807, 2.05) is 0 Å². The minimum atomic E-state index is -0.120. The van der Waals surface area contributed by atoms with Crippen molar-refractivity contribution in [3.05, 3.63) is 27.4 Å². The zero-order valence-corrected chi connectivity index (χ0v) is 9.62. The molecule has 0 fully saturated rings. The maximum Gasteiger partial charge on any atom is 0.256 e.